The van der Waals surface area contributed by atoms with E-state index >= 15 is 0 Å². The van der Waals surface area contributed by atoms with E-state index in [4.69, 9.17) is 0 Å². The smallest absolute Gasteiger partial charge is 0.344 e. The maximum absolute atomic E-state index is 13.6. The summed E-state index contributed by atoms with van der Waals surface area (Å²) in [5.74, 6) is -16.1. The number of rotatable bonds is 4. The summed E-state index contributed by atoms with van der Waals surface area (Å²) in [6, 6.07) is 1.89. The third-order valence-electron chi connectivity index (χ3n) is 3.51. The van der Waals surface area contributed by atoms with Crippen LogP contribution >= 0.6 is 0 Å². The van der Waals surface area contributed by atoms with E-state index < -0.39 is 58.0 Å². The van der Waals surface area contributed by atoms with Gasteiger partial charge in [-0.1, -0.05) is 0 Å². The first-order chi connectivity index (χ1) is 12.6. The Hall–Kier alpha value is -3.17. The van der Waals surface area contributed by atoms with Crippen molar-refractivity contribution in [1.29, 1.82) is 0 Å². The fourth-order valence-electron chi connectivity index (χ4n) is 2.17. The van der Waals surface area contributed by atoms with Crippen molar-refractivity contribution in [2.24, 2.45) is 0 Å². The second kappa shape index (κ2) is 7.60. The largest absolute Gasteiger partial charge is 0.507 e. The Bertz CT molecular complexity index is 917. The van der Waals surface area contributed by atoms with E-state index in [2.05, 4.69) is 10.1 Å². The molecule has 144 valence electrons. The van der Waals surface area contributed by atoms with Crippen LogP contribution in [-0.4, -0.2) is 23.5 Å². The molecule has 0 atom stereocenters. The molecule has 0 radical (unpaired) electrons. The number of aryl methyl sites for hydroxylation is 1. The van der Waals surface area contributed by atoms with Crippen LogP contribution in [0.25, 0.3) is 0 Å². The Morgan fingerprint density at radius 2 is 1.48 bits per heavy atom. The molecular weight excluding hydrogens is 377 g/mol. The normalized spacial score (nSPS) is 10.6. The molecule has 0 spiro atoms. The van der Waals surface area contributed by atoms with Gasteiger partial charge in [0.15, 0.2) is 0 Å². The predicted molar refractivity (Wildman–Crippen MR) is 82.0 cm³/mol. The van der Waals surface area contributed by atoms with Gasteiger partial charge in [0.2, 0.25) is 34.8 Å². The number of halogens is 5. The number of phenols is 1. The summed E-state index contributed by atoms with van der Waals surface area (Å²) in [7, 11) is 0. The third kappa shape index (κ3) is 3.69. The van der Waals surface area contributed by atoms with Crippen molar-refractivity contribution in [3.8, 4) is 11.5 Å². The van der Waals surface area contributed by atoms with Crippen LogP contribution in [-0.2, 0) is 0 Å². The number of hydrogen-bond donors (Lipinski definition) is 2. The fourth-order valence-corrected chi connectivity index (χ4v) is 2.17. The van der Waals surface area contributed by atoms with Crippen molar-refractivity contribution in [1.82, 2.24) is 5.32 Å². The molecule has 0 aliphatic carbocycles. The zero-order valence-electron chi connectivity index (χ0n) is 13.9. The van der Waals surface area contributed by atoms with Gasteiger partial charge in [0.25, 0.3) is 5.91 Å². The van der Waals surface area contributed by atoms with E-state index in [1.165, 1.54) is 6.92 Å². The number of nitrogens with one attached hydrogen (secondary N) is 1. The summed E-state index contributed by atoms with van der Waals surface area (Å²) < 4.78 is 71.1. The van der Waals surface area contributed by atoms with E-state index in [0.717, 1.165) is 12.1 Å². The van der Waals surface area contributed by atoms with Crippen LogP contribution in [0.2, 0.25) is 0 Å². The third-order valence-corrected chi connectivity index (χ3v) is 3.51. The number of amides is 1. The van der Waals surface area contributed by atoms with Gasteiger partial charge in [0, 0.05) is 6.54 Å². The molecule has 2 rings (SSSR count). The minimum Gasteiger partial charge on any atom is -0.507 e. The van der Waals surface area contributed by atoms with Gasteiger partial charge >= 0.3 is 5.97 Å². The van der Waals surface area contributed by atoms with Crippen molar-refractivity contribution < 1.29 is 41.4 Å². The monoisotopic (exact) mass is 389 g/mol. The summed E-state index contributed by atoms with van der Waals surface area (Å²) in [5.41, 5.74) is -0.723. The van der Waals surface area contributed by atoms with Gasteiger partial charge in [0.05, 0.1) is 11.1 Å². The second-order valence-electron chi connectivity index (χ2n) is 5.33. The first-order valence-corrected chi connectivity index (χ1v) is 7.45. The van der Waals surface area contributed by atoms with E-state index in [1.54, 1.807) is 6.92 Å². The minimum absolute atomic E-state index is 0.0365. The number of ether oxygens (including phenoxy) is 1. The van der Waals surface area contributed by atoms with Gasteiger partial charge in [-0.15, -0.1) is 0 Å². The summed E-state index contributed by atoms with van der Waals surface area (Å²) >= 11 is 0. The molecule has 0 bridgehead atoms. The SMILES string of the molecule is CCNC(=O)c1cc(C(=O)Oc2c(F)c(F)c(F)c(F)c2F)c(C)cc1O. The van der Waals surface area contributed by atoms with Crippen molar-refractivity contribution >= 4 is 11.9 Å². The van der Waals surface area contributed by atoms with E-state index in [-0.39, 0.29) is 17.7 Å². The second-order valence-corrected chi connectivity index (χ2v) is 5.33. The summed E-state index contributed by atoms with van der Waals surface area (Å²) in [6.45, 7) is 3.11. The topological polar surface area (TPSA) is 75.6 Å². The lowest BCUT2D eigenvalue weighted by Gasteiger charge is -2.12. The molecule has 2 aromatic carbocycles. The number of aromatic hydroxyl groups is 1. The molecule has 0 unspecified atom stereocenters. The molecule has 0 fully saturated rings. The van der Waals surface area contributed by atoms with Crippen LogP contribution < -0.4 is 10.1 Å². The number of hydrogen-bond acceptors (Lipinski definition) is 4. The maximum Gasteiger partial charge on any atom is 0.344 e. The Balaban J connectivity index is 2.49. The van der Waals surface area contributed by atoms with Gasteiger partial charge in [-0.05, 0) is 31.5 Å². The van der Waals surface area contributed by atoms with Crippen LogP contribution in [0.4, 0.5) is 22.0 Å². The highest BCUT2D eigenvalue weighted by Crippen LogP contribution is 2.30. The van der Waals surface area contributed by atoms with Gasteiger partial charge in [-0.3, -0.25) is 4.79 Å². The van der Waals surface area contributed by atoms with E-state index in [9.17, 15) is 36.6 Å². The van der Waals surface area contributed by atoms with Crippen LogP contribution in [0, 0.1) is 36.0 Å². The van der Waals surface area contributed by atoms with Crippen LogP contribution in [0.15, 0.2) is 12.1 Å². The van der Waals surface area contributed by atoms with Crippen LogP contribution in [0.1, 0.15) is 33.2 Å². The molecule has 0 saturated heterocycles. The lowest BCUT2D eigenvalue weighted by atomic mass is 10.0. The molecule has 2 aromatic rings. The van der Waals surface area contributed by atoms with Gasteiger partial charge < -0.3 is 15.2 Å². The summed E-state index contributed by atoms with van der Waals surface area (Å²) in [6.07, 6.45) is 0. The lowest BCUT2D eigenvalue weighted by Crippen LogP contribution is -2.23. The highest BCUT2D eigenvalue weighted by Gasteiger charge is 2.29. The minimum atomic E-state index is -2.40. The Morgan fingerprint density at radius 3 is 2.00 bits per heavy atom. The molecule has 27 heavy (non-hydrogen) atoms. The molecule has 0 aromatic heterocycles. The molecule has 1 amide bonds. The highest BCUT2D eigenvalue weighted by molar-refractivity contribution is 6.01. The molecule has 0 heterocycles. The number of esters is 1. The highest BCUT2D eigenvalue weighted by atomic mass is 19.2. The van der Waals surface area contributed by atoms with Crippen molar-refractivity contribution in [3.05, 3.63) is 57.9 Å². The standard InChI is InChI=1S/C17H12F5NO4/c1-3-23-16(25)8-5-7(6(2)4-9(8)24)17(26)27-15-13(21)11(19)10(18)12(20)14(15)22/h4-5,24H,3H2,1-2H3,(H,23,25). The van der Waals surface area contributed by atoms with Gasteiger partial charge in [0.1, 0.15) is 5.75 Å². The molecule has 2 N–H and O–H groups in total. The number of phenolic OH excluding ortho intramolecular Hbond substituents is 1. The van der Waals surface area contributed by atoms with Crippen LogP contribution in [0.5, 0.6) is 11.5 Å². The van der Waals surface area contributed by atoms with Crippen LogP contribution in [0.3, 0.4) is 0 Å². The predicted octanol–water partition coefficient (Wildman–Crippen LogP) is 3.37. The molecule has 0 saturated carbocycles. The summed E-state index contributed by atoms with van der Waals surface area (Å²) in [4.78, 5) is 24.0. The summed E-state index contributed by atoms with van der Waals surface area (Å²) in [5, 5.41) is 12.2. The number of benzene rings is 2. The first-order valence-electron chi connectivity index (χ1n) is 7.45. The molecule has 10 heteroatoms. The molecular formula is C17H12F5NO4. The molecule has 0 aliphatic heterocycles. The first kappa shape index (κ1) is 20.1. The van der Waals surface area contributed by atoms with Crippen molar-refractivity contribution in [3.63, 3.8) is 0 Å². The quantitative estimate of drug-likeness (QED) is 0.277. The van der Waals surface area contributed by atoms with Gasteiger partial charge in [-0.2, -0.15) is 8.78 Å². The Kier molecular flexibility index (Phi) is 5.67. The number of carbonyl (C=O) groups excluding carboxylic acids is 2. The fraction of sp³-hybridized carbons (Fsp3) is 0.176. The molecule has 5 nitrogen and oxygen atoms in total. The van der Waals surface area contributed by atoms with E-state index in [1.807, 2.05) is 0 Å². The van der Waals surface area contributed by atoms with E-state index in [0.29, 0.717) is 0 Å². The zero-order chi connectivity index (χ0) is 20.5. The zero-order valence-corrected chi connectivity index (χ0v) is 13.9. The number of carbonyl (C=O) groups is 2. The average molecular weight is 389 g/mol. The van der Waals surface area contributed by atoms with Crippen molar-refractivity contribution in [2.45, 2.75) is 13.8 Å². The Labute approximate surface area is 149 Å². The van der Waals surface area contributed by atoms with Crippen molar-refractivity contribution in [2.75, 3.05) is 6.54 Å². The lowest BCUT2D eigenvalue weighted by molar-refractivity contribution is 0.0715. The maximum atomic E-state index is 13.6. The van der Waals surface area contributed by atoms with Gasteiger partial charge in [-0.25, -0.2) is 18.0 Å². The Morgan fingerprint density at radius 1 is 0.963 bits per heavy atom. The average Bonchev–Trinajstić information content (AvgIpc) is 2.62. The molecule has 0 aliphatic rings.